The second kappa shape index (κ2) is 11.7. The first-order valence-corrected chi connectivity index (χ1v) is 15.3. The van der Waals surface area contributed by atoms with Crippen molar-refractivity contribution in [1.29, 1.82) is 0 Å². The van der Waals surface area contributed by atoms with Crippen LogP contribution in [0.5, 0.6) is 0 Å². The van der Waals surface area contributed by atoms with Crippen LogP contribution in [0.2, 0.25) is 0 Å². The van der Waals surface area contributed by atoms with E-state index in [1.165, 1.54) is 0 Å². The van der Waals surface area contributed by atoms with Gasteiger partial charge >= 0.3 is 5.97 Å². The lowest BCUT2D eigenvalue weighted by molar-refractivity contribution is -0.340. The third-order valence-corrected chi connectivity index (χ3v) is 9.93. The third-order valence-electron chi connectivity index (χ3n) is 9.93. The molecule has 8 nitrogen and oxygen atoms in total. The Kier molecular flexibility index (Phi) is 8.74. The van der Waals surface area contributed by atoms with Crippen molar-refractivity contribution < 1.29 is 39.1 Å². The van der Waals surface area contributed by atoms with E-state index in [0.29, 0.717) is 48.7 Å². The maximum Gasteiger partial charge on any atom is 0.316 e. The molecule has 3 fully saturated rings. The van der Waals surface area contributed by atoms with Gasteiger partial charge in [-0.2, -0.15) is 0 Å². The van der Waals surface area contributed by atoms with Crippen LogP contribution in [0, 0.1) is 23.7 Å². The van der Waals surface area contributed by atoms with E-state index in [-0.39, 0.29) is 24.7 Å². The molecule has 11 atom stereocenters. The van der Waals surface area contributed by atoms with Crippen LogP contribution in [0.15, 0.2) is 47.1 Å². The summed E-state index contributed by atoms with van der Waals surface area (Å²) < 4.78 is 25.5. The molecule has 228 valence electrons. The van der Waals surface area contributed by atoms with Gasteiger partial charge in [0.25, 0.3) is 0 Å². The van der Waals surface area contributed by atoms with E-state index in [1.807, 2.05) is 26.0 Å². The second-order valence-electron chi connectivity index (χ2n) is 13.4. The molecule has 41 heavy (non-hydrogen) atoms. The summed E-state index contributed by atoms with van der Waals surface area (Å²) in [5, 5.41) is 34.0. The molecule has 3 saturated heterocycles. The zero-order chi connectivity index (χ0) is 29.7. The van der Waals surface area contributed by atoms with Crippen LogP contribution < -0.4 is 0 Å². The molecule has 0 aromatic carbocycles. The SMILES string of the molecule is CC1=C[C@H]2C(=O)O[C@H]3C[C@@H](C/C=C(\C)[C@@H](O)[C@@H](C)/C=C/C=C4\CO[C@H]([C@@H]1O)[C@@]42O)O[C@@]1(CC[C@H](C)[C@@H](C(C)C)O1)C3. The Morgan fingerprint density at radius 3 is 2.54 bits per heavy atom. The highest BCUT2D eigenvalue weighted by molar-refractivity contribution is 5.78. The van der Waals surface area contributed by atoms with Gasteiger partial charge in [0.15, 0.2) is 5.79 Å². The monoisotopic (exact) mass is 572 g/mol. The first-order chi connectivity index (χ1) is 19.3. The molecular formula is C33H48O8. The Hall–Kier alpha value is -1.81. The van der Waals surface area contributed by atoms with Gasteiger partial charge < -0.3 is 34.3 Å². The van der Waals surface area contributed by atoms with Crippen molar-refractivity contribution in [3.05, 3.63) is 47.1 Å². The van der Waals surface area contributed by atoms with Crippen molar-refractivity contribution in [3.8, 4) is 0 Å². The van der Waals surface area contributed by atoms with Crippen molar-refractivity contribution in [1.82, 2.24) is 0 Å². The standard InChI is InChI=1S/C33H48O8/c1-18(2)29-21(5)12-13-32(41-29)16-25-15-24(40-32)11-10-20(4)27(34)19(3)8-7-9-23-17-38-30-28(35)22(6)14-26(31(36)39-25)33(23,30)37/h7-10,14,18-19,21,24-30,34-35,37H,11-13,15-17H2,1-6H3/b8-7+,20-10+,23-9+/t19-,21-,24+,25-,26-,27-,28+,29+,30+,32+,33+/m0/s1. The number of allylic oxidation sites excluding steroid dienone is 2. The molecule has 0 unspecified atom stereocenters. The highest BCUT2D eigenvalue weighted by atomic mass is 16.7. The third kappa shape index (κ3) is 5.76. The number of hydrogen-bond donors (Lipinski definition) is 3. The predicted molar refractivity (Wildman–Crippen MR) is 154 cm³/mol. The fourth-order valence-corrected chi connectivity index (χ4v) is 7.44. The molecule has 0 amide bonds. The van der Waals surface area contributed by atoms with Gasteiger partial charge in [-0.3, -0.25) is 4.79 Å². The summed E-state index contributed by atoms with van der Waals surface area (Å²) in [7, 11) is 0. The summed E-state index contributed by atoms with van der Waals surface area (Å²) in [5.74, 6) is -1.94. The molecule has 0 aromatic heterocycles. The average Bonchev–Trinajstić information content (AvgIpc) is 3.26. The maximum absolute atomic E-state index is 13.9. The van der Waals surface area contributed by atoms with E-state index < -0.39 is 47.7 Å². The Morgan fingerprint density at radius 2 is 1.80 bits per heavy atom. The summed E-state index contributed by atoms with van der Waals surface area (Å²) in [6.45, 7) is 12.2. The zero-order valence-electron chi connectivity index (χ0n) is 25.3. The topological polar surface area (TPSA) is 115 Å². The summed E-state index contributed by atoms with van der Waals surface area (Å²) in [5.41, 5.74) is 0.152. The number of fused-ring (bicyclic) bond motifs is 2. The quantitative estimate of drug-likeness (QED) is 0.317. The molecule has 5 aliphatic rings. The van der Waals surface area contributed by atoms with E-state index in [1.54, 1.807) is 25.2 Å². The lowest BCUT2D eigenvalue weighted by Crippen LogP contribution is -2.58. The van der Waals surface area contributed by atoms with Crippen LogP contribution in [0.25, 0.3) is 0 Å². The van der Waals surface area contributed by atoms with E-state index in [2.05, 4.69) is 20.8 Å². The van der Waals surface area contributed by atoms with Crippen LogP contribution in [0.3, 0.4) is 0 Å². The molecule has 5 rings (SSSR count). The van der Waals surface area contributed by atoms with Crippen LogP contribution in [0.1, 0.15) is 73.6 Å². The van der Waals surface area contributed by atoms with Crippen molar-refractivity contribution in [2.45, 2.75) is 122 Å². The number of esters is 1. The van der Waals surface area contributed by atoms with Crippen molar-refractivity contribution in [3.63, 3.8) is 0 Å². The predicted octanol–water partition coefficient (Wildman–Crippen LogP) is 4.14. The molecule has 1 spiro atoms. The maximum atomic E-state index is 13.9. The van der Waals surface area contributed by atoms with Gasteiger partial charge in [0.1, 0.15) is 29.8 Å². The highest BCUT2D eigenvalue weighted by Gasteiger charge is 2.60. The summed E-state index contributed by atoms with van der Waals surface area (Å²) in [4.78, 5) is 13.9. The molecule has 4 heterocycles. The Labute approximate surface area is 244 Å². The van der Waals surface area contributed by atoms with Crippen LogP contribution in [-0.2, 0) is 23.7 Å². The molecular weight excluding hydrogens is 524 g/mol. The van der Waals surface area contributed by atoms with Crippen molar-refractivity contribution in [2.75, 3.05) is 6.61 Å². The zero-order valence-corrected chi connectivity index (χ0v) is 25.3. The lowest BCUT2D eigenvalue weighted by Gasteiger charge is -2.50. The fraction of sp³-hybridized carbons (Fsp3) is 0.727. The van der Waals surface area contributed by atoms with Gasteiger partial charge in [-0.25, -0.2) is 0 Å². The summed E-state index contributed by atoms with van der Waals surface area (Å²) in [6.07, 6.45) is 8.69. The molecule has 8 heteroatoms. The largest absolute Gasteiger partial charge is 0.462 e. The van der Waals surface area contributed by atoms with Gasteiger partial charge in [-0.05, 0) is 55.2 Å². The van der Waals surface area contributed by atoms with E-state index in [0.717, 1.165) is 12.0 Å². The summed E-state index contributed by atoms with van der Waals surface area (Å²) >= 11 is 0. The number of aliphatic hydroxyl groups excluding tert-OH is 2. The van der Waals surface area contributed by atoms with Gasteiger partial charge in [0.05, 0.1) is 24.9 Å². The smallest absolute Gasteiger partial charge is 0.316 e. The van der Waals surface area contributed by atoms with Gasteiger partial charge in [0.2, 0.25) is 0 Å². The van der Waals surface area contributed by atoms with Crippen molar-refractivity contribution >= 4 is 5.97 Å². The van der Waals surface area contributed by atoms with E-state index in [4.69, 9.17) is 18.9 Å². The normalized spacial score (nSPS) is 48.9. The van der Waals surface area contributed by atoms with Crippen LogP contribution >= 0.6 is 0 Å². The summed E-state index contributed by atoms with van der Waals surface area (Å²) in [6, 6.07) is 0. The van der Waals surface area contributed by atoms with Gasteiger partial charge in [0, 0.05) is 25.2 Å². The number of carbonyl (C=O) groups is 1. The van der Waals surface area contributed by atoms with Gasteiger partial charge in [-0.1, -0.05) is 58.1 Å². The van der Waals surface area contributed by atoms with E-state index >= 15 is 0 Å². The number of rotatable bonds is 1. The second-order valence-corrected chi connectivity index (χ2v) is 13.4. The van der Waals surface area contributed by atoms with E-state index in [9.17, 15) is 20.1 Å². The van der Waals surface area contributed by atoms with Gasteiger partial charge in [-0.15, -0.1) is 0 Å². The first-order valence-electron chi connectivity index (χ1n) is 15.3. The molecule has 4 aliphatic heterocycles. The number of ether oxygens (including phenoxy) is 4. The minimum Gasteiger partial charge on any atom is -0.462 e. The molecule has 1 aliphatic carbocycles. The Balaban J connectivity index is 1.53. The highest BCUT2D eigenvalue weighted by Crippen LogP contribution is 2.47. The molecule has 0 radical (unpaired) electrons. The molecule has 0 saturated carbocycles. The molecule has 2 bridgehead atoms. The minimum atomic E-state index is -1.75. The Morgan fingerprint density at radius 1 is 1.05 bits per heavy atom. The number of carbonyl (C=O) groups excluding carboxylic acids is 1. The van der Waals surface area contributed by atoms with Crippen LogP contribution in [-0.4, -0.2) is 75.9 Å². The lowest BCUT2D eigenvalue weighted by atomic mass is 9.71. The molecule has 3 N–H and O–H groups in total. The fourth-order valence-electron chi connectivity index (χ4n) is 7.44. The average molecular weight is 573 g/mol. The minimum absolute atomic E-state index is 0.0265. The molecule has 0 aromatic rings. The first kappa shape index (κ1) is 30.6. The van der Waals surface area contributed by atoms with Crippen molar-refractivity contribution in [2.24, 2.45) is 23.7 Å². The Bertz CT molecular complexity index is 1120. The number of hydrogen-bond acceptors (Lipinski definition) is 8. The van der Waals surface area contributed by atoms with Crippen LogP contribution in [0.4, 0.5) is 0 Å². The number of aliphatic hydroxyl groups is 3.